The number of anilines is 3. The zero-order chi connectivity index (χ0) is 22.9. The minimum absolute atomic E-state index is 0.377. The number of hydrogen-bond donors (Lipinski definition) is 2. The minimum Gasteiger partial charge on any atom is -0.455 e. The molecule has 2 N–H and O–H groups in total. The van der Waals surface area contributed by atoms with E-state index in [0.29, 0.717) is 30.9 Å². The molecule has 0 radical (unpaired) electrons. The zero-order valence-electron chi connectivity index (χ0n) is 19.3. The van der Waals surface area contributed by atoms with Crippen LogP contribution in [0.15, 0.2) is 46.9 Å². The summed E-state index contributed by atoms with van der Waals surface area (Å²) in [6, 6.07) is 14.2. The molecule has 4 aromatic rings. The first-order chi connectivity index (χ1) is 16.7. The predicted molar refractivity (Wildman–Crippen MR) is 132 cm³/mol. The van der Waals surface area contributed by atoms with E-state index in [9.17, 15) is 0 Å². The smallest absolute Gasteiger partial charge is 0.231 e. The molecule has 2 aliphatic rings. The molecule has 0 bridgehead atoms. The zero-order valence-corrected chi connectivity index (χ0v) is 19.3. The van der Waals surface area contributed by atoms with Crippen molar-refractivity contribution in [1.29, 1.82) is 0 Å². The van der Waals surface area contributed by atoms with Crippen LogP contribution < -0.4 is 10.2 Å². The molecule has 3 aromatic heterocycles. The quantitative estimate of drug-likeness (QED) is 0.462. The number of aromatic amines is 1. The summed E-state index contributed by atoms with van der Waals surface area (Å²) in [6.07, 6.45) is 2.31. The monoisotopic (exact) mass is 459 g/mol. The maximum absolute atomic E-state index is 6.42. The molecule has 1 unspecified atom stereocenters. The SMILES string of the molecule is CN1CCCC(c2cc3nc(Nc4cc(-c5ccccc5)[nH]n4)nc(N4CCOCC4)c3o2)C1. The predicted octanol–water partition coefficient (Wildman–Crippen LogP) is 4.00. The molecule has 6 rings (SSSR count). The lowest BCUT2D eigenvalue weighted by atomic mass is 9.96. The lowest BCUT2D eigenvalue weighted by Gasteiger charge is -2.28. The number of hydrogen-bond acceptors (Lipinski definition) is 8. The van der Waals surface area contributed by atoms with Crippen molar-refractivity contribution in [2.75, 3.05) is 56.7 Å². The maximum atomic E-state index is 6.42. The van der Waals surface area contributed by atoms with E-state index in [4.69, 9.17) is 19.1 Å². The largest absolute Gasteiger partial charge is 0.455 e. The molecule has 2 saturated heterocycles. The summed E-state index contributed by atoms with van der Waals surface area (Å²) in [5, 5.41) is 10.8. The number of nitrogens with zero attached hydrogens (tertiary/aromatic N) is 5. The third kappa shape index (κ3) is 4.24. The van der Waals surface area contributed by atoms with Crippen LogP contribution in [0.1, 0.15) is 24.5 Å². The second kappa shape index (κ2) is 9.08. The molecule has 5 heterocycles. The number of piperidine rings is 1. The fourth-order valence-electron chi connectivity index (χ4n) is 4.84. The number of aromatic nitrogens is 4. The van der Waals surface area contributed by atoms with Crippen molar-refractivity contribution in [2.45, 2.75) is 18.8 Å². The summed E-state index contributed by atoms with van der Waals surface area (Å²) >= 11 is 0. The molecule has 1 atom stereocenters. The van der Waals surface area contributed by atoms with Gasteiger partial charge in [0.2, 0.25) is 5.95 Å². The molecule has 2 aliphatic heterocycles. The van der Waals surface area contributed by atoms with E-state index in [1.165, 1.54) is 6.42 Å². The van der Waals surface area contributed by atoms with Crippen LogP contribution in [0.25, 0.3) is 22.4 Å². The van der Waals surface area contributed by atoms with Gasteiger partial charge in [0.25, 0.3) is 0 Å². The van der Waals surface area contributed by atoms with Crippen molar-refractivity contribution < 1.29 is 9.15 Å². The molecule has 0 amide bonds. The van der Waals surface area contributed by atoms with Crippen LogP contribution in [0.2, 0.25) is 0 Å². The van der Waals surface area contributed by atoms with Crippen molar-refractivity contribution >= 4 is 28.7 Å². The van der Waals surface area contributed by atoms with Gasteiger partial charge < -0.3 is 24.3 Å². The van der Waals surface area contributed by atoms with Gasteiger partial charge in [0.15, 0.2) is 17.2 Å². The topological polar surface area (TPSA) is 95.3 Å². The fourth-order valence-corrected chi connectivity index (χ4v) is 4.84. The van der Waals surface area contributed by atoms with Crippen molar-refractivity contribution in [3.63, 3.8) is 0 Å². The van der Waals surface area contributed by atoms with Crippen molar-refractivity contribution in [2.24, 2.45) is 0 Å². The molecule has 34 heavy (non-hydrogen) atoms. The van der Waals surface area contributed by atoms with E-state index in [1.807, 2.05) is 36.4 Å². The Labute approximate surface area is 198 Å². The van der Waals surface area contributed by atoms with Gasteiger partial charge in [0.05, 0.1) is 18.9 Å². The molecule has 0 aliphatic carbocycles. The summed E-state index contributed by atoms with van der Waals surface area (Å²) in [5.74, 6) is 3.36. The molecule has 9 nitrogen and oxygen atoms in total. The van der Waals surface area contributed by atoms with Gasteiger partial charge in [0.1, 0.15) is 11.3 Å². The van der Waals surface area contributed by atoms with E-state index in [1.54, 1.807) is 0 Å². The Bertz CT molecular complexity index is 1260. The number of likely N-dealkylation sites (N-methyl/N-ethyl adjacent to an activating group) is 1. The van der Waals surface area contributed by atoms with Gasteiger partial charge in [-0.15, -0.1) is 0 Å². The minimum atomic E-state index is 0.377. The van der Waals surface area contributed by atoms with Crippen LogP contribution in [0, 0.1) is 0 Å². The summed E-state index contributed by atoms with van der Waals surface area (Å²) in [4.78, 5) is 14.3. The van der Waals surface area contributed by atoms with Crippen molar-refractivity contribution in [3.8, 4) is 11.3 Å². The number of ether oxygens (including phenoxy) is 1. The molecule has 1 aromatic carbocycles. The first-order valence-electron chi connectivity index (χ1n) is 11.9. The summed E-state index contributed by atoms with van der Waals surface area (Å²) in [6.45, 7) is 5.03. The van der Waals surface area contributed by atoms with Gasteiger partial charge in [-0.05, 0) is 32.0 Å². The number of H-pyrrole nitrogens is 1. The maximum Gasteiger partial charge on any atom is 0.231 e. The first-order valence-corrected chi connectivity index (χ1v) is 11.9. The lowest BCUT2D eigenvalue weighted by Crippen LogP contribution is -2.37. The van der Waals surface area contributed by atoms with Crippen LogP contribution >= 0.6 is 0 Å². The number of likely N-dealkylation sites (tertiary alicyclic amines) is 1. The summed E-state index contributed by atoms with van der Waals surface area (Å²) < 4.78 is 12.0. The molecule has 0 spiro atoms. The van der Waals surface area contributed by atoms with Crippen molar-refractivity contribution in [1.82, 2.24) is 25.1 Å². The number of morpholine rings is 1. The molecule has 2 fully saturated rings. The highest BCUT2D eigenvalue weighted by atomic mass is 16.5. The standard InChI is InChI=1S/C25H29N7O2/c1-31-9-5-8-18(16-31)21-14-20-23(34-21)24(32-10-12-33-13-11-32)28-25(26-20)27-22-15-19(29-30-22)17-6-3-2-4-7-17/h2-4,6-7,14-15,18H,5,8-13,16H2,1H3,(H2,26,27,28,29,30). The van der Waals surface area contributed by atoms with Gasteiger partial charge >= 0.3 is 0 Å². The van der Waals surface area contributed by atoms with E-state index in [0.717, 1.165) is 66.5 Å². The highest BCUT2D eigenvalue weighted by Gasteiger charge is 2.26. The normalized spacial score (nSPS) is 19.6. The first kappa shape index (κ1) is 21.1. The Kier molecular flexibility index (Phi) is 5.64. The highest BCUT2D eigenvalue weighted by Crippen LogP contribution is 2.35. The lowest BCUT2D eigenvalue weighted by molar-refractivity contribution is 0.122. The van der Waals surface area contributed by atoms with E-state index >= 15 is 0 Å². The van der Waals surface area contributed by atoms with E-state index in [-0.39, 0.29) is 0 Å². The second-order valence-corrected chi connectivity index (χ2v) is 9.09. The third-order valence-electron chi connectivity index (χ3n) is 6.61. The van der Waals surface area contributed by atoms with Crippen LogP contribution in [-0.4, -0.2) is 71.5 Å². The molecule has 9 heteroatoms. The summed E-state index contributed by atoms with van der Waals surface area (Å²) in [5.41, 5.74) is 3.58. The average Bonchev–Trinajstić information content (AvgIpc) is 3.52. The summed E-state index contributed by atoms with van der Waals surface area (Å²) in [7, 11) is 2.17. The number of nitrogens with one attached hydrogen (secondary N) is 2. The molecule has 176 valence electrons. The van der Waals surface area contributed by atoms with Gasteiger partial charge in [-0.2, -0.15) is 10.1 Å². The van der Waals surface area contributed by atoms with E-state index in [2.05, 4.69) is 38.4 Å². The van der Waals surface area contributed by atoms with Gasteiger partial charge in [-0.3, -0.25) is 5.10 Å². The van der Waals surface area contributed by atoms with Gasteiger partial charge in [-0.1, -0.05) is 30.3 Å². The highest BCUT2D eigenvalue weighted by molar-refractivity contribution is 5.86. The Morgan fingerprint density at radius 1 is 1.06 bits per heavy atom. The fraction of sp³-hybridized carbons (Fsp3) is 0.400. The Balaban J connectivity index is 1.34. The Hall–Kier alpha value is -3.43. The van der Waals surface area contributed by atoms with Crippen LogP contribution in [-0.2, 0) is 4.74 Å². The van der Waals surface area contributed by atoms with Crippen LogP contribution in [0.5, 0.6) is 0 Å². The third-order valence-corrected chi connectivity index (χ3v) is 6.61. The number of furan rings is 1. The van der Waals surface area contributed by atoms with Crippen LogP contribution in [0.4, 0.5) is 17.6 Å². The van der Waals surface area contributed by atoms with E-state index < -0.39 is 0 Å². The van der Waals surface area contributed by atoms with Gasteiger partial charge in [0, 0.05) is 37.7 Å². The Morgan fingerprint density at radius 3 is 2.74 bits per heavy atom. The van der Waals surface area contributed by atoms with Crippen LogP contribution in [0.3, 0.4) is 0 Å². The second-order valence-electron chi connectivity index (χ2n) is 9.09. The number of rotatable bonds is 5. The molecular formula is C25H29N7O2. The van der Waals surface area contributed by atoms with Gasteiger partial charge in [-0.25, -0.2) is 4.98 Å². The molecule has 0 saturated carbocycles. The number of benzene rings is 1. The molecular weight excluding hydrogens is 430 g/mol. The number of fused-ring (bicyclic) bond motifs is 1. The average molecular weight is 460 g/mol. The van der Waals surface area contributed by atoms with Crippen molar-refractivity contribution in [3.05, 3.63) is 48.2 Å². The Morgan fingerprint density at radius 2 is 1.91 bits per heavy atom.